The van der Waals surface area contributed by atoms with Gasteiger partial charge in [-0.25, -0.2) is 15.0 Å². The maximum Gasteiger partial charge on any atom is 0.238 e. The summed E-state index contributed by atoms with van der Waals surface area (Å²) in [6, 6.07) is 37.5. The van der Waals surface area contributed by atoms with Gasteiger partial charge in [-0.05, 0) is 12.1 Å². The average molecular weight is 613 g/mol. The van der Waals surface area contributed by atoms with Crippen molar-refractivity contribution in [2.45, 2.75) is 0 Å². The summed E-state index contributed by atoms with van der Waals surface area (Å²) >= 11 is 3.59. The first kappa shape index (κ1) is 24.8. The van der Waals surface area contributed by atoms with Crippen molar-refractivity contribution in [1.29, 1.82) is 0 Å². The van der Waals surface area contributed by atoms with Crippen molar-refractivity contribution in [2.75, 3.05) is 0 Å². The van der Waals surface area contributed by atoms with Crippen molar-refractivity contribution in [3.05, 3.63) is 122 Å². The Morgan fingerprint density at radius 2 is 1.18 bits per heavy atom. The Bertz CT molecular complexity index is 2700. The van der Waals surface area contributed by atoms with Crippen molar-refractivity contribution in [3.63, 3.8) is 0 Å². The fraction of sp³-hybridized carbons (Fsp3) is 0. The molecule has 0 atom stereocenters. The molecule has 210 valence electrons. The second kappa shape index (κ2) is 9.46. The normalized spacial score (nSPS) is 12.0. The minimum Gasteiger partial charge on any atom is -0.276 e. The van der Waals surface area contributed by atoms with Crippen LogP contribution in [0.3, 0.4) is 0 Å². The monoisotopic (exact) mass is 612 g/mol. The first-order valence-corrected chi connectivity index (χ1v) is 16.2. The maximum absolute atomic E-state index is 5.19. The summed E-state index contributed by atoms with van der Waals surface area (Å²) in [5.74, 6) is 1.85. The average Bonchev–Trinajstić information content (AvgIpc) is 3.78. The van der Waals surface area contributed by atoms with Gasteiger partial charge in [-0.3, -0.25) is 4.57 Å². The predicted molar refractivity (Wildman–Crippen MR) is 186 cm³/mol. The van der Waals surface area contributed by atoms with E-state index in [0.717, 1.165) is 48.5 Å². The molecule has 0 saturated heterocycles. The van der Waals surface area contributed by atoms with Crippen LogP contribution in [0.25, 0.3) is 91.0 Å². The Kier molecular flexibility index (Phi) is 5.22. The number of para-hydroxylation sites is 1. The highest BCUT2D eigenvalue weighted by Gasteiger charge is 2.26. The fourth-order valence-corrected chi connectivity index (χ4v) is 9.02. The molecule has 10 rings (SSSR count). The van der Waals surface area contributed by atoms with E-state index < -0.39 is 0 Å². The molecule has 0 saturated carbocycles. The van der Waals surface area contributed by atoms with Crippen LogP contribution in [0.2, 0.25) is 0 Å². The zero-order valence-corrected chi connectivity index (χ0v) is 25.2. The Labute approximate surface area is 263 Å². The van der Waals surface area contributed by atoms with Crippen molar-refractivity contribution in [3.8, 4) is 28.7 Å². The van der Waals surface area contributed by atoms with E-state index >= 15 is 0 Å². The van der Waals surface area contributed by atoms with Crippen molar-refractivity contribution >= 4 is 85.0 Å². The van der Waals surface area contributed by atoms with Crippen LogP contribution < -0.4 is 0 Å². The van der Waals surface area contributed by atoms with Crippen LogP contribution in [-0.4, -0.2) is 29.5 Å². The number of nitrogens with zero attached hydrogens (tertiary/aromatic N) is 6. The van der Waals surface area contributed by atoms with Gasteiger partial charge in [-0.2, -0.15) is 9.97 Å². The molecule has 6 nitrogen and oxygen atoms in total. The molecule has 8 heteroatoms. The van der Waals surface area contributed by atoms with Crippen molar-refractivity contribution in [2.24, 2.45) is 0 Å². The van der Waals surface area contributed by atoms with Gasteiger partial charge in [0.2, 0.25) is 5.95 Å². The molecule has 0 spiro atoms. The highest BCUT2D eigenvalue weighted by Crippen LogP contribution is 2.51. The molecule has 0 bridgehead atoms. The second-order valence-electron chi connectivity index (χ2n) is 10.9. The Hall–Kier alpha value is -5.57. The summed E-state index contributed by atoms with van der Waals surface area (Å²) < 4.78 is 7.00. The smallest absolute Gasteiger partial charge is 0.238 e. The molecule has 5 aromatic carbocycles. The molecular weight excluding hydrogens is 593 g/mol. The molecule has 5 aromatic heterocycles. The van der Waals surface area contributed by atoms with E-state index in [1.165, 1.54) is 24.9 Å². The van der Waals surface area contributed by atoms with Gasteiger partial charge >= 0.3 is 0 Å². The van der Waals surface area contributed by atoms with Gasteiger partial charge in [0, 0.05) is 53.7 Å². The lowest BCUT2D eigenvalue weighted by Gasteiger charge is -2.11. The summed E-state index contributed by atoms with van der Waals surface area (Å²) in [6.45, 7) is 0. The summed E-state index contributed by atoms with van der Waals surface area (Å²) in [4.78, 5) is 24.6. The van der Waals surface area contributed by atoms with Crippen LogP contribution in [0.5, 0.6) is 0 Å². The topological polar surface area (TPSA) is 69.4 Å². The van der Waals surface area contributed by atoms with Gasteiger partial charge in [0.05, 0.1) is 25.9 Å². The van der Waals surface area contributed by atoms with Gasteiger partial charge in [-0.1, -0.05) is 97.1 Å². The van der Waals surface area contributed by atoms with E-state index in [2.05, 4.69) is 58.1 Å². The number of fused-ring (bicyclic) bond motifs is 12. The summed E-state index contributed by atoms with van der Waals surface area (Å²) in [5.41, 5.74) is 4.97. The molecule has 0 aliphatic heterocycles. The highest BCUT2D eigenvalue weighted by atomic mass is 32.1. The minimum atomic E-state index is 0.584. The molecule has 5 heterocycles. The van der Waals surface area contributed by atoms with Gasteiger partial charge in [-0.15, -0.1) is 22.7 Å². The molecule has 10 aromatic rings. The van der Waals surface area contributed by atoms with Gasteiger partial charge in [0.25, 0.3) is 0 Å². The number of rotatable bonds is 3. The van der Waals surface area contributed by atoms with E-state index in [1.54, 1.807) is 17.7 Å². The standard InChI is InChI=1S/C37H20N6S2/c1-3-11-21(12-4-1)35-40-36(22-13-5-2-6-14-22)42-37(41-35)43-25-17-9-7-15-23(25)28-30-31-27(19-38-20-39-31)45-33(30)29-24-16-8-10-18-26(24)44-34(29)32(28)43/h1-20H. The molecule has 0 fully saturated rings. The van der Waals surface area contributed by atoms with Crippen LogP contribution in [0.15, 0.2) is 122 Å². The zero-order chi connectivity index (χ0) is 29.5. The molecule has 0 aliphatic rings. The highest BCUT2D eigenvalue weighted by molar-refractivity contribution is 7.30. The third-order valence-electron chi connectivity index (χ3n) is 8.40. The molecule has 0 radical (unpaired) electrons. The lowest BCUT2D eigenvalue weighted by atomic mass is 10.0. The number of benzene rings is 5. The lowest BCUT2D eigenvalue weighted by Crippen LogP contribution is -2.06. The maximum atomic E-state index is 5.19. The summed E-state index contributed by atoms with van der Waals surface area (Å²) in [7, 11) is 0. The van der Waals surface area contributed by atoms with Crippen molar-refractivity contribution in [1.82, 2.24) is 29.5 Å². The van der Waals surface area contributed by atoms with E-state index in [0.29, 0.717) is 17.6 Å². The molecule has 0 unspecified atom stereocenters. The third kappa shape index (κ3) is 3.58. The van der Waals surface area contributed by atoms with Crippen LogP contribution >= 0.6 is 22.7 Å². The summed E-state index contributed by atoms with van der Waals surface area (Å²) in [6.07, 6.45) is 3.59. The van der Waals surface area contributed by atoms with E-state index in [1.807, 2.05) is 78.2 Å². The number of hydrogen-bond donors (Lipinski definition) is 0. The predicted octanol–water partition coefficient (Wildman–Crippen LogP) is 9.83. The number of hydrogen-bond acceptors (Lipinski definition) is 7. The van der Waals surface area contributed by atoms with Gasteiger partial charge < -0.3 is 0 Å². The lowest BCUT2D eigenvalue weighted by molar-refractivity contribution is 0.955. The van der Waals surface area contributed by atoms with Crippen LogP contribution in [0, 0.1) is 0 Å². The molecule has 45 heavy (non-hydrogen) atoms. The van der Waals surface area contributed by atoms with Crippen LogP contribution in [0.4, 0.5) is 0 Å². The first-order valence-electron chi connectivity index (χ1n) is 14.6. The van der Waals surface area contributed by atoms with E-state index in [9.17, 15) is 0 Å². The Balaban J connectivity index is 1.45. The Morgan fingerprint density at radius 3 is 1.93 bits per heavy atom. The summed E-state index contributed by atoms with van der Waals surface area (Å²) in [5, 5.41) is 5.93. The van der Waals surface area contributed by atoms with E-state index in [4.69, 9.17) is 19.9 Å². The zero-order valence-electron chi connectivity index (χ0n) is 23.5. The van der Waals surface area contributed by atoms with Crippen molar-refractivity contribution < 1.29 is 0 Å². The fourth-order valence-electron chi connectivity index (χ4n) is 6.51. The quantitative estimate of drug-likeness (QED) is 0.199. The molecule has 0 amide bonds. The van der Waals surface area contributed by atoms with Gasteiger partial charge in [0.1, 0.15) is 6.33 Å². The van der Waals surface area contributed by atoms with Gasteiger partial charge in [0.15, 0.2) is 11.6 Å². The second-order valence-corrected chi connectivity index (χ2v) is 13.0. The first-order chi connectivity index (χ1) is 22.3. The van der Waals surface area contributed by atoms with Crippen LogP contribution in [-0.2, 0) is 0 Å². The number of thiophene rings is 2. The Morgan fingerprint density at radius 1 is 0.533 bits per heavy atom. The third-order valence-corrected chi connectivity index (χ3v) is 10.7. The number of aromatic nitrogens is 6. The van der Waals surface area contributed by atoms with Crippen LogP contribution in [0.1, 0.15) is 0 Å². The molecule has 0 aliphatic carbocycles. The largest absolute Gasteiger partial charge is 0.276 e. The SMILES string of the molecule is c1ccc(-c2nc(-c3ccccc3)nc(-n3c4ccccc4c4c5c6ncncc6sc5c5c6ccccc6sc5c43)n2)cc1. The molecule has 0 N–H and O–H groups in total. The van der Waals surface area contributed by atoms with E-state index in [-0.39, 0.29) is 0 Å². The molecular formula is C37H20N6S2. The minimum absolute atomic E-state index is 0.584.